The highest BCUT2D eigenvalue weighted by Crippen LogP contribution is 2.32. The number of nitrogens with zero attached hydrogens (tertiary/aromatic N) is 4. The topological polar surface area (TPSA) is 121 Å². The molecule has 202 valence electrons. The van der Waals surface area contributed by atoms with Gasteiger partial charge in [0.25, 0.3) is 5.91 Å². The number of oxazole rings is 1. The summed E-state index contributed by atoms with van der Waals surface area (Å²) < 4.78 is 11.7. The second kappa shape index (κ2) is 10.3. The minimum Gasteiger partial charge on any atom is -0.439 e. The van der Waals surface area contributed by atoms with Crippen molar-refractivity contribution in [1.29, 1.82) is 5.26 Å². The Hall–Kier alpha value is -4.97. The van der Waals surface area contributed by atoms with Crippen molar-refractivity contribution in [1.82, 2.24) is 15.3 Å². The largest absolute Gasteiger partial charge is 0.439 e. The standard InChI is InChI=1S/C31H29N5O4/c1-18(2)23-10-11-26(33-15-23)36-17-31(5,40-30(36)38)16-34-28(37)21-6-8-22(9-7-21)29-35-25-13-20(14-32)12-24(19(3)4)27(25)39-29/h6-13,15,19H,1,16-17H2,2-5H3,(H,34,37). The molecule has 3 heterocycles. The number of fused-ring (bicyclic) bond motifs is 1. The van der Waals surface area contributed by atoms with Crippen LogP contribution in [0.2, 0.25) is 0 Å². The Morgan fingerprint density at radius 3 is 2.55 bits per heavy atom. The third-order valence-electron chi connectivity index (χ3n) is 6.85. The van der Waals surface area contributed by atoms with E-state index < -0.39 is 11.7 Å². The number of allylic oxidation sites excluding steroid dienone is 1. The summed E-state index contributed by atoms with van der Waals surface area (Å²) >= 11 is 0. The van der Waals surface area contributed by atoms with E-state index in [1.165, 1.54) is 4.90 Å². The number of nitrogens with one attached hydrogen (secondary N) is 1. The quantitative estimate of drug-likeness (QED) is 0.305. The molecular formula is C31H29N5O4. The Balaban J connectivity index is 1.26. The van der Waals surface area contributed by atoms with Crippen LogP contribution in [0.4, 0.5) is 10.6 Å². The highest BCUT2D eigenvalue weighted by atomic mass is 16.6. The summed E-state index contributed by atoms with van der Waals surface area (Å²) in [6.45, 7) is 12.0. The molecule has 1 unspecified atom stereocenters. The first-order valence-corrected chi connectivity index (χ1v) is 12.9. The van der Waals surface area contributed by atoms with Gasteiger partial charge in [0.05, 0.1) is 24.7 Å². The second-order valence-corrected chi connectivity index (χ2v) is 10.5. The average molecular weight is 536 g/mol. The van der Waals surface area contributed by atoms with E-state index >= 15 is 0 Å². The summed E-state index contributed by atoms with van der Waals surface area (Å²) in [5.41, 5.74) is 4.73. The number of nitriles is 1. The molecule has 1 atom stereocenters. The van der Waals surface area contributed by atoms with E-state index in [0.29, 0.717) is 39.5 Å². The van der Waals surface area contributed by atoms with Crippen LogP contribution in [0.25, 0.3) is 28.1 Å². The van der Waals surface area contributed by atoms with Crippen LogP contribution in [-0.2, 0) is 4.74 Å². The maximum absolute atomic E-state index is 12.9. The minimum atomic E-state index is -0.921. The molecule has 1 fully saturated rings. The number of hydrogen-bond acceptors (Lipinski definition) is 7. The lowest BCUT2D eigenvalue weighted by Crippen LogP contribution is -2.43. The first-order chi connectivity index (χ1) is 19.1. The van der Waals surface area contributed by atoms with Crippen LogP contribution < -0.4 is 10.2 Å². The summed E-state index contributed by atoms with van der Waals surface area (Å²) in [6, 6.07) is 16.2. The zero-order chi connectivity index (χ0) is 28.6. The monoisotopic (exact) mass is 535 g/mol. The molecule has 1 aliphatic rings. The van der Waals surface area contributed by atoms with Crippen molar-refractivity contribution in [2.24, 2.45) is 0 Å². The molecule has 0 saturated carbocycles. The molecule has 40 heavy (non-hydrogen) atoms. The molecule has 0 bridgehead atoms. The summed E-state index contributed by atoms with van der Waals surface area (Å²) in [6.07, 6.45) is 1.15. The van der Waals surface area contributed by atoms with Crippen LogP contribution in [0.3, 0.4) is 0 Å². The summed E-state index contributed by atoms with van der Waals surface area (Å²) in [7, 11) is 0. The molecule has 1 N–H and O–H groups in total. The molecule has 2 aromatic heterocycles. The van der Waals surface area contributed by atoms with Crippen LogP contribution in [0, 0.1) is 11.3 Å². The van der Waals surface area contributed by atoms with E-state index in [9.17, 15) is 14.9 Å². The van der Waals surface area contributed by atoms with E-state index in [1.54, 1.807) is 49.5 Å². The third-order valence-corrected chi connectivity index (χ3v) is 6.85. The van der Waals surface area contributed by atoms with Gasteiger partial charge in [0.2, 0.25) is 5.89 Å². The van der Waals surface area contributed by atoms with E-state index in [1.807, 2.05) is 32.9 Å². The predicted octanol–water partition coefficient (Wildman–Crippen LogP) is 6.06. The van der Waals surface area contributed by atoms with E-state index in [2.05, 4.69) is 27.9 Å². The fraction of sp³-hybridized carbons (Fsp3) is 0.258. The van der Waals surface area contributed by atoms with Gasteiger partial charge in [0.1, 0.15) is 16.9 Å². The van der Waals surface area contributed by atoms with Gasteiger partial charge in [-0.15, -0.1) is 0 Å². The van der Waals surface area contributed by atoms with Crippen LogP contribution in [0.5, 0.6) is 0 Å². The van der Waals surface area contributed by atoms with Crippen LogP contribution in [0.1, 0.15) is 60.7 Å². The number of pyridine rings is 1. The van der Waals surface area contributed by atoms with Crippen molar-refractivity contribution in [3.8, 4) is 17.5 Å². The Morgan fingerprint density at radius 1 is 1.20 bits per heavy atom. The maximum atomic E-state index is 12.9. The number of ether oxygens (including phenoxy) is 1. The molecule has 5 rings (SSSR count). The van der Waals surface area contributed by atoms with Crippen molar-refractivity contribution >= 4 is 34.5 Å². The minimum absolute atomic E-state index is 0.129. The third kappa shape index (κ3) is 5.16. The molecule has 9 nitrogen and oxygen atoms in total. The van der Waals surface area contributed by atoms with Crippen LogP contribution in [0.15, 0.2) is 65.7 Å². The normalized spacial score (nSPS) is 16.7. The average Bonchev–Trinajstić information content (AvgIpc) is 3.51. The van der Waals surface area contributed by atoms with Crippen molar-refractivity contribution < 1.29 is 18.7 Å². The first-order valence-electron chi connectivity index (χ1n) is 12.9. The molecule has 9 heteroatoms. The van der Waals surface area contributed by atoms with Gasteiger partial charge >= 0.3 is 6.09 Å². The highest BCUT2D eigenvalue weighted by Gasteiger charge is 2.43. The number of aromatic nitrogens is 2. The lowest BCUT2D eigenvalue weighted by Gasteiger charge is -2.22. The fourth-order valence-corrected chi connectivity index (χ4v) is 4.57. The van der Waals surface area contributed by atoms with Gasteiger partial charge in [-0.2, -0.15) is 5.26 Å². The molecule has 1 aliphatic heterocycles. The number of benzene rings is 2. The van der Waals surface area contributed by atoms with Gasteiger partial charge in [-0.05, 0) is 79.4 Å². The summed E-state index contributed by atoms with van der Waals surface area (Å²) in [5.74, 6) is 0.747. The molecule has 1 saturated heterocycles. The van der Waals surface area contributed by atoms with Gasteiger partial charge in [0.15, 0.2) is 5.58 Å². The number of carbonyl (C=O) groups is 2. The SMILES string of the molecule is C=C(C)c1ccc(N2CC(C)(CNC(=O)c3ccc(-c4nc5cc(C#N)cc(C(C)C)c5o4)cc3)OC2=O)nc1. The van der Waals surface area contributed by atoms with Crippen LogP contribution in [-0.4, -0.2) is 40.7 Å². The number of rotatable bonds is 7. The maximum Gasteiger partial charge on any atom is 0.416 e. The van der Waals surface area contributed by atoms with E-state index in [0.717, 1.165) is 16.7 Å². The van der Waals surface area contributed by atoms with Gasteiger partial charge < -0.3 is 14.5 Å². The molecule has 2 aromatic carbocycles. The Bertz CT molecular complexity index is 1670. The van der Waals surface area contributed by atoms with Crippen LogP contribution >= 0.6 is 0 Å². The second-order valence-electron chi connectivity index (χ2n) is 10.5. The van der Waals surface area contributed by atoms with Gasteiger partial charge in [-0.1, -0.05) is 20.4 Å². The Kier molecular flexibility index (Phi) is 6.86. The van der Waals surface area contributed by atoms with E-state index in [-0.39, 0.29) is 24.9 Å². The van der Waals surface area contributed by atoms with Crippen molar-refractivity contribution in [3.05, 3.63) is 83.6 Å². The number of carbonyl (C=O) groups excluding carboxylic acids is 2. The molecule has 0 aliphatic carbocycles. The molecule has 0 spiro atoms. The number of hydrogen-bond donors (Lipinski definition) is 1. The summed E-state index contributed by atoms with van der Waals surface area (Å²) in [5, 5.41) is 12.2. The lowest BCUT2D eigenvalue weighted by molar-refractivity contribution is 0.0653. The zero-order valence-electron chi connectivity index (χ0n) is 22.8. The first kappa shape index (κ1) is 26.6. The van der Waals surface area contributed by atoms with Crippen molar-refractivity contribution in [2.45, 2.75) is 39.2 Å². The molecule has 4 aromatic rings. The van der Waals surface area contributed by atoms with Gasteiger partial charge in [-0.3, -0.25) is 9.69 Å². The lowest BCUT2D eigenvalue weighted by atomic mass is 10.00. The predicted molar refractivity (Wildman–Crippen MR) is 152 cm³/mol. The van der Waals surface area contributed by atoms with Gasteiger partial charge in [-0.25, -0.2) is 14.8 Å². The summed E-state index contributed by atoms with van der Waals surface area (Å²) in [4.78, 5) is 35.8. The molecule has 2 amide bonds. The highest BCUT2D eigenvalue weighted by molar-refractivity contribution is 5.95. The molecule has 0 radical (unpaired) electrons. The van der Waals surface area contributed by atoms with Crippen molar-refractivity contribution in [2.75, 3.05) is 18.0 Å². The van der Waals surface area contributed by atoms with Gasteiger partial charge in [0, 0.05) is 22.9 Å². The molecular weight excluding hydrogens is 506 g/mol. The smallest absolute Gasteiger partial charge is 0.416 e. The Labute approximate surface area is 232 Å². The Morgan fingerprint density at radius 2 is 1.93 bits per heavy atom. The van der Waals surface area contributed by atoms with E-state index in [4.69, 9.17) is 9.15 Å². The number of cyclic esters (lactones) is 1. The zero-order valence-corrected chi connectivity index (χ0v) is 22.8. The number of anilines is 1. The fourth-order valence-electron chi connectivity index (χ4n) is 4.57. The van der Waals surface area contributed by atoms with Crippen molar-refractivity contribution in [3.63, 3.8) is 0 Å². The number of amides is 2.